The standard InChI is InChI=1S/C34H32Cl2N6O5/c1-33(28-7-6-21(35)14-38-28)46-27-5-3-4-23(31(27)47-33)41-11-10-40(25-16-45-17-26(25)41)15-29-39-30-22(36)12-20(32(43)44-2)13-24(30)42(29)19-34(18-37)8-9-34/h3-7,12-14,25-26H,8-11,15-17,19H2,1-2H3/t25-,26+,33-/m0/s1. The quantitative estimate of drug-likeness (QED) is 0.231. The van der Waals surface area contributed by atoms with Crippen molar-refractivity contribution in [3.8, 4) is 17.6 Å². The van der Waals surface area contributed by atoms with Gasteiger partial charge in [-0.25, -0.2) is 9.78 Å². The number of para-hydroxylation sites is 1. The third kappa shape index (κ3) is 5.15. The number of pyridine rings is 1. The number of hydrogen-bond acceptors (Lipinski definition) is 10. The molecule has 2 aromatic carbocycles. The number of anilines is 1. The van der Waals surface area contributed by atoms with Crippen molar-refractivity contribution in [3.05, 3.63) is 75.8 Å². The Morgan fingerprint density at radius 2 is 1.96 bits per heavy atom. The molecule has 0 amide bonds. The van der Waals surface area contributed by atoms with Crippen LogP contribution >= 0.6 is 23.2 Å². The average molecular weight is 676 g/mol. The van der Waals surface area contributed by atoms with Gasteiger partial charge in [-0.05, 0) is 49.2 Å². The number of imidazole rings is 1. The molecule has 0 unspecified atom stereocenters. The summed E-state index contributed by atoms with van der Waals surface area (Å²) in [4.78, 5) is 26.6. The van der Waals surface area contributed by atoms with E-state index >= 15 is 0 Å². The number of ether oxygens (including phenoxy) is 4. The first-order valence-electron chi connectivity index (χ1n) is 15.6. The lowest BCUT2D eigenvalue weighted by Crippen LogP contribution is -2.59. The lowest BCUT2D eigenvalue weighted by Gasteiger charge is -2.44. The molecule has 3 fully saturated rings. The molecule has 2 aromatic heterocycles. The Labute approximate surface area is 281 Å². The van der Waals surface area contributed by atoms with Crippen LogP contribution in [0.3, 0.4) is 0 Å². The second kappa shape index (κ2) is 11.3. The number of nitriles is 1. The normalized spacial score (nSPS) is 24.3. The van der Waals surface area contributed by atoms with Crippen molar-refractivity contribution in [2.24, 2.45) is 5.41 Å². The molecule has 4 aliphatic rings. The second-order valence-corrected chi connectivity index (χ2v) is 13.6. The van der Waals surface area contributed by atoms with Crippen LogP contribution in [0.15, 0.2) is 48.7 Å². The molecule has 4 aromatic rings. The van der Waals surface area contributed by atoms with Gasteiger partial charge in [-0.15, -0.1) is 0 Å². The molecule has 1 aliphatic carbocycles. The van der Waals surface area contributed by atoms with E-state index in [1.807, 2.05) is 25.1 Å². The molecule has 3 aliphatic heterocycles. The van der Waals surface area contributed by atoms with Crippen LogP contribution < -0.4 is 14.4 Å². The molecule has 0 bridgehead atoms. The number of rotatable bonds is 7. The lowest BCUT2D eigenvalue weighted by atomic mass is 10.0. The summed E-state index contributed by atoms with van der Waals surface area (Å²) in [6.45, 7) is 5.45. The first-order valence-corrected chi connectivity index (χ1v) is 16.4. The molecular formula is C34H32Cl2N6O5. The third-order valence-corrected chi connectivity index (χ3v) is 10.3. The maximum absolute atomic E-state index is 12.4. The number of hydrogen-bond donors (Lipinski definition) is 0. The first kappa shape index (κ1) is 30.3. The topological polar surface area (TPSA) is 115 Å². The van der Waals surface area contributed by atoms with Crippen molar-refractivity contribution >= 4 is 45.9 Å². The first-order chi connectivity index (χ1) is 22.7. The SMILES string of the molecule is COC(=O)c1cc(Cl)c2nc(CN3CCN(c4cccc5c4O[C@@](C)(c4ccc(Cl)cn4)O5)[C@@H]4COC[C@@H]43)n(CC3(C#N)CC3)c2c1. The summed E-state index contributed by atoms with van der Waals surface area (Å²) in [5.41, 5.74) is 2.81. The van der Waals surface area contributed by atoms with E-state index in [1.54, 1.807) is 24.4 Å². The van der Waals surface area contributed by atoms with Crippen LogP contribution in [0.2, 0.25) is 10.0 Å². The minimum atomic E-state index is -1.09. The number of halogens is 2. The van der Waals surface area contributed by atoms with Crippen LogP contribution in [-0.2, 0) is 28.4 Å². The molecule has 13 heteroatoms. The Bertz CT molecular complexity index is 1940. The molecule has 242 valence electrons. The van der Waals surface area contributed by atoms with Crippen LogP contribution in [0.4, 0.5) is 5.69 Å². The molecule has 3 atom stereocenters. The molecule has 0 spiro atoms. The Kier molecular flexibility index (Phi) is 7.26. The van der Waals surface area contributed by atoms with Crippen LogP contribution in [-0.4, -0.2) is 70.9 Å². The van der Waals surface area contributed by atoms with Gasteiger partial charge in [-0.3, -0.25) is 9.88 Å². The van der Waals surface area contributed by atoms with Crippen molar-refractivity contribution in [3.63, 3.8) is 0 Å². The van der Waals surface area contributed by atoms with Gasteiger partial charge < -0.3 is 28.4 Å². The average Bonchev–Trinajstić information content (AvgIpc) is 3.34. The monoisotopic (exact) mass is 674 g/mol. The molecule has 5 heterocycles. The highest BCUT2D eigenvalue weighted by atomic mass is 35.5. The maximum Gasteiger partial charge on any atom is 0.337 e. The van der Waals surface area contributed by atoms with Crippen LogP contribution in [0.5, 0.6) is 11.5 Å². The minimum absolute atomic E-state index is 0.0561. The van der Waals surface area contributed by atoms with E-state index in [9.17, 15) is 10.1 Å². The number of carbonyl (C=O) groups excluding carboxylic acids is 1. The summed E-state index contributed by atoms with van der Waals surface area (Å²) >= 11 is 12.8. The third-order valence-electron chi connectivity index (χ3n) is 9.78. The molecular weight excluding hydrogens is 643 g/mol. The highest BCUT2D eigenvalue weighted by molar-refractivity contribution is 6.35. The number of carbonyl (C=O) groups is 1. The van der Waals surface area contributed by atoms with E-state index in [0.29, 0.717) is 64.6 Å². The van der Waals surface area contributed by atoms with Gasteiger partial charge in [0.2, 0.25) is 0 Å². The Morgan fingerprint density at radius 1 is 1.13 bits per heavy atom. The number of aromatic nitrogens is 3. The van der Waals surface area contributed by atoms with Crippen LogP contribution in [0.1, 0.15) is 41.6 Å². The summed E-state index contributed by atoms with van der Waals surface area (Å²) in [5.74, 6) is 0.566. The van der Waals surface area contributed by atoms with Crippen molar-refractivity contribution in [1.29, 1.82) is 5.26 Å². The van der Waals surface area contributed by atoms with E-state index in [1.165, 1.54) is 7.11 Å². The zero-order chi connectivity index (χ0) is 32.5. The summed E-state index contributed by atoms with van der Waals surface area (Å²) in [7, 11) is 1.34. The van der Waals surface area contributed by atoms with Gasteiger partial charge in [0.05, 0.1) is 77.2 Å². The van der Waals surface area contributed by atoms with Crippen LogP contribution in [0.25, 0.3) is 11.0 Å². The van der Waals surface area contributed by atoms with Gasteiger partial charge in [0.1, 0.15) is 17.0 Å². The smallest absolute Gasteiger partial charge is 0.337 e. The van der Waals surface area contributed by atoms with E-state index in [0.717, 1.165) is 43.0 Å². The Balaban J connectivity index is 1.09. The fourth-order valence-corrected chi connectivity index (χ4v) is 7.40. The Hall–Kier alpha value is -4.08. The molecule has 8 rings (SSSR count). The second-order valence-electron chi connectivity index (χ2n) is 12.8. The summed E-state index contributed by atoms with van der Waals surface area (Å²) < 4.78 is 26.0. The minimum Gasteiger partial charge on any atom is -0.465 e. The summed E-state index contributed by atoms with van der Waals surface area (Å²) in [6.07, 6.45) is 3.23. The zero-order valence-electron chi connectivity index (χ0n) is 25.9. The van der Waals surface area contributed by atoms with Gasteiger partial charge in [0.25, 0.3) is 5.79 Å². The molecule has 0 radical (unpaired) electrons. The van der Waals surface area contributed by atoms with E-state index < -0.39 is 17.2 Å². The predicted molar refractivity (Wildman–Crippen MR) is 174 cm³/mol. The molecule has 0 N–H and O–H groups in total. The summed E-state index contributed by atoms with van der Waals surface area (Å²) in [5, 5.41) is 10.9. The fraction of sp³-hybridized carbons (Fsp3) is 0.412. The fourth-order valence-electron chi connectivity index (χ4n) is 7.03. The van der Waals surface area contributed by atoms with Gasteiger partial charge in [0, 0.05) is 32.8 Å². The number of fused-ring (bicyclic) bond motifs is 3. The van der Waals surface area contributed by atoms with Crippen molar-refractivity contribution in [1.82, 2.24) is 19.4 Å². The van der Waals surface area contributed by atoms with E-state index in [4.69, 9.17) is 47.1 Å². The molecule has 47 heavy (non-hydrogen) atoms. The van der Waals surface area contributed by atoms with Crippen molar-refractivity contribution in [2.75, 3.05) is 38.3 Å². The van der Waals surface area contributed by atoms with Gasteiger partial charge >= 0.3 is 5.97 Å². The van der Waals surface area contributed by atoms with Crippen LogP contribution in [0, 0.1) is 16.7 Å². The van der Waals surface area contributed by atoms with Gasteiger partial charge in [0.15, 0.2) is 11.5 Å². The van der Waals surface area contributed by atoms with Crippen molar-refractivity contribution < 1.29 is 23.7 Å². The number of esters is 1. The number of benzene rings is 2. The maximum atomic E-state index is 12.4. The van der Waals surface area contributed by atoms with Gasteiger partial charge in [-0.1, -0.05) is 29.3 Å². The van der Waals surface area contributed by atoms with E-state index in [-0.39, 0.29) is 12.1 Å². The highest BCUT2D eigenvalue weighted by Gasteiger charge is 2.47. The molecule has 11 nitrogen and oxygen atoms in total. The number of methoxy groups -OCH3 is 1. The van der Waals surface area contributed by atoms with E-state index in [2.05, 4.69) is 31.5 Å². The number of nitrogens with zero attached hydrogens (tertiary/aromatic N) is 6. The lowest BCUT2D eigenvalue weighted by molar-refractivity contribution is -0.0716. The zero-order valence-corrected chi connectivity index (χ0v) is 27.4. The molecule has 1 saturated carbocycles. The Morgan fingerprint density at radius 3 is 2.70 bits per heavy atom. The van der Waals surface area contributed by atoms with Crippen molar-refractivity contribution in [2.45, 2.75) is 50.7 Å². The summed E-state index contributed by atoms with van der Waals surface area (Å²) in [6, 6.07) is 15.5. The number of piperazine rings is 1. The highest BCUT2D eigenvalue weighted by Crippen LogP contribution is 2.50. The molecule has 2 saturated heterocycles. The largest absolute Gasteiger partial charge is 0.465 e. The van der Waals surface area contributed by atoms with Gasteiger partial charge in [-0.2, -0.15) is 5.26 Å². The predicted octanol–water partition coefficient (Wildman–Crippen LogP) is 5.56.